The summed E-state index contributed by atoms with van der Waals surface area (Å²) in [6.45, 7) is 3.08. The van der Waals surface area contributed by atoms with Crippen LogP contribution in [0.2, 0.25) is 0 Å². The lowest BCUT2D eigenvalue weighted by Crippen LogP contribution is -2.21. The molecule has 0 spiro atoms. The average Bonchev–Trinajstić information content (AvgIpc) is 2.88. The van der Waals surface area contributed by atoms with Gasteiger partial charge in [-0.25, -0.2) is 0 Å². The van der Waals surface area contributed by atoms with Crippen LogP contribution < -0.4 is 5.73 Å². The van der Waals surface area contributed by atoms with Crippen LogP contribution in [0.25, 0.3) is 0 Å². The first-order chi connectivity index (χ1) is 7.27. The van der Waals surface area contributed by atoms with Crippen molar-refractivity contribution in [1.29, 1.82) is 0 Å². The molecule has 80 valence electrons. The van der Waals surface area contributed by atoms with Gasteiger partial charge in [0.1, 0.15) is 0 Å². The third kappa shape index (κ3) is 1.26. The Balaban J connectivity index is 2.14. The average molecular weight is 201 g/mol. The molecule has 1 saturated carbocycles. The molecular formula is C14H19N. The highest BCUT2D eigenvalue weighted by atomic mass is 14.7. The van der Waals surface area contributed by atoms with Gasteiger partial charge < -0.3 is 5.73 Å². The van der Waals surface area contributed by atoms with E-state index in [1.165, 1.54) is 37.7 Å². The molecule has 1 fully saturated rings. The minimum absolute atomic E-state index is 0.377. The highest BCUT2D eigenvalue weighted by Crippen LogP contribution is 2.50. The largest absolute Gasteiger partial charge is 0.330 e. The number of aryl methyl sites for hydroxylation is 1. The molecule has 0 bridgehead atoms. The number of hydrogen-bond acceptors (Lipinski definition) is 1. The predicted octanol–water partition coefficient (Wildman–Crippen LogP) is 2.47. The molecule has 2 aliphatic carbocycles. The Morgan fingerprint density at radius 2 is 1.93 bits per heavy atom. The van der Waals surface area contributed by atoms with Crippen molar-refractivity contribution in [2.45, 2.75) is 44.4 Å². The van der Waals surface area contributed by atoms with Crippen molar-refractivity contribution in [2.75, 3.05) is 6.54 Å². The predicted molar refractivity (Wildman–Crippen MR) is 63.2 cm³/mol. The van der Waals surface area contributed by atoms with E-state index in [9.17, 15) is 0 Å². The van der Waals surface area contributed by atoms with E-state index in [0.717, 1.165) is 6.54 Å². The summed E-state index contributed by atoms with van der Waals surface area (Å²) >= 11 is 0. The number of rotatable bonds is 2. The fourth-order valence-electron chi connectivity index (χ4n) is 3.12. The molecule has 2 N–H and O–H groups in total. The molecule has 1 nitrogen and oxygen atoms in total. The number of fused-ring (bicyclic) bond motifs is 1. The maximum atomic E-state index is 5.93. The molecule has 0 saturated heterocycles. The quantitative estimate of drug-likeness (QED) is 0.781. The molecule has 0 unspecified atom stereocenters. The van der Waals surface area contributed by atoms with E-state index in [-0.39, 0.29) is 0 Å². The zero-order valence-electron chi connectivity index (χ0n) is 9.47. The van der Waals surface area contributed by atoms with Gasteiger partial charge in [-0.05, 0) is 61.3 Å². The van der Waals surface area contributed by atoms with Gasteiger partial charge in [0.05, 0.1) is 0 Å². The molecule has 1 heteroatoms. The lowest BCUT2D eigenvalue weighted by molar-refractivity contribution is 0.694. The number of nitrogens with two attached hydrogens (primary N) is 1. The molecule has 0 aromatic heterocycles. The third-order valence-electron chi connectivity index (χ3n) is 4.33. The smallest absolute Gasteiger partial charge is 0.00790 e. The Kier molecular flexibility index (Phi) is 1.93. The Bertz CT molecular complexity index is 402. The fraction of sp³-hybridized carbons (Fsp3) is 0.571. The van der Waals surface area contributed by atoms with Crippen LogP contribution in [0, 0.1) is 6.92 Å². The van der Waals surface area contributed by atoms with Gasteiger partial charge in [-0.2, -0.15) is 0 Å². The van der Waals surface area contributed by atoms with Crippen LogP contribution in [0.4, 0.5) is 0 Å². The van der Waals surface area contributed by atoms with Gasteiger partial charge in [0.2, 0.25) is 0 Å². The lowest BCUT2D eigenvalue weighted by atomic mass is 9.88. The normalized spacial score (nSPS) is 21.5. The monoisotopic (exact) mass is 201 g/mol. The van der Waals surface area contributed by atoms with Gasteiger partial charge in [-0.15, -0.1) is 0 Å². The Labute approximate surface area is 91.7 Å². The zero-order chi connectivity index (χ0) is 10.5. The summed E-state index contributed by atoms with van der Waals surface area (Å²) in [7, 11) is 0. The molecule has 3 rings (SSSR count). The van der Waals surface area contributed by atoms with E-state index >= 15 is 0 Å². The minimum Gasteiger partial charge on any atom is -0.330 e. The van der Waals surface area contributed by atoms with Crippen molar-refractivity contribution < 1.29 is 0 Å². The lowest BCUT2D eigenvalue weighted by Gasteiger charge is -2.18. The first-order valence-electron chi connectivity index (χ1n) is 6.09. The van der Waals surface area contributed by atoms with Gasteiger partial charge in [0.15, 0.2) is 0 Å². The first-order valence-corrected chi connectivity index (χ1v) is 6.09. The van der Waals surface area contributed by atoms with Crippen LogP contribution in [0.5, 0.6) is 0 Å². The standard InChI is InChI=1S/C14H19N/c1-10-5-6-13(14(9-15)7-8-14)12-4-2-3-11(10)12/h5-6H,2-4,7-9,15H2,1H3. The van der Waals surface area contributed by atoms with E-state index in [0.29, 0.717) is 5.41 Å². The summed E-state index contributed by atoms with van der Waals surface area (Å²) in [5, 5.41) is 0. The topological polar surface area (TPSA) is 26.0 Å². The molecule has 0 amide bonds. The van der Waals surface area contributed by atoms with Crippen LogP contribution in [0.1, 0.15) is 41.5 Å². The van der Waals surface area contributed by atoms with E-state index < -0.39 is 0 Å². The molecule has 0 heterocycles. The van der Waals surface area contributed by atoms with Crippen LogP contribution in [0.3, 0.4) is 0 Å². The van der Waals surface area contributed by atoms with Crippen molar-refractivity contribution in [3.05, 3.63) is 34.4 Å². The maximum absolute atomic E-state index is 5.93. The summed E-state index contributed by atoms with van der Waals surface area (Å²) in [6, 6.07) is 4.65. The van der Waals surface area contributed by atoms with Crippen LogP contribution in [0.15, 0.2) is 12.1 Å². The Morgan fingerprint density at radius 1 is 1.20 bits per heavy atom. The van der Waals surface area contributed by atoms with Gasteiger partial charge in [0, 0.05) is 12.0 Å². The summed E-state index contributed by atoms with van der Waals surface area (Å²) in [5.41, 5.74) is 12.7. The zero-order valence-corrected chi connectivity index (χ0v) is 9.47. The van der Waals surface area contributed by atoms with E-state index in [1.807, 2.05) is 0 Å². The second-order valence-electron chi connectivity index (χ2n) is 5.23. The van der Waals surface area contributed by atoms with Crippen LogP contribution >= 0.6 is 0 Å². The first kappa shape index (κ1) is 9.41. The highest BCUT2D eigenvalue weighted by Gasteiger charge is 2.44. The second-order valence-corrected chi connectivity index (χ2v) is 5.23. The molecule has 0 radical (unpaired) electrons. The van der Waals surface area contributed by atoms with E-state index in [2.05, 4.69) is 19.1 Å². The molecule has 15 heavy (non-hydrogen) atoms. The van der Waals surface area contributed by atoms with Crippen molar-refractivity contribution in [1.82, 2.24) is 0 Å². The van der Waals surface area contributed by atoms with Crippen molar-refractivity contribution in [2.24, 2.45) is 5.73 Å². The molecule has 0 aliphatic heterocycles. The van der Waals surface area contributed by atoms with Gasteiger partial charge in [-0.3, -0.25) is 0 Å². The fourth-order valence-corrected chi connectivity index (χ4v) is 3.12. The molecular weight excluding hydrogens is 182 g/mol. The van der Waals surface area contributed by atoms with E-state index in [4.69, 9.17) is 5.73 Å². The van der Waals surface area contributed by atoms with E-state index in [1.54, 1.807) is 16.7 Å². The Morgan fingerprint density at radius 3 is 2.60 bits per heavy atom. The SMILES string of the molecule is Cc1ccc(C2(CN)CC2)c2c1CCC2. The summed E-state index contributed by atoms with van der Waals surface area (Å²) in [6.07, 6.45) is 6.52. The van der Waals surface area contributed by atoms with Crippen molar-refractivity contribution in [3.8, 4) is 0 Å². The number of hydrogen-bond donors (Lipinski definition) is 1. The summed E-state index contributed by atoms with van der Waals surface area (Å²) < 4.78 is 0. The van der Waals surface area contributed by atoms with Gasteiger partial charge in [0.25, 0.3) is 0 Å². The molecule has 1 aromatic carbocycles. The van der Waals surface area contributed by atoms with Gasteiger partial charge >= 0.3 is 0 Å². The minimum atomic E-state index is 0.377. The number of benzene rings is 1. The van der Waals surface area contributed by atoms with Crippen LogP contribution in [-0.4, -0.2) is 6.54 Å². The molecule has 0 atom stereocenters. The molecule has 1 aromatic rings. The maximum Gasteiger partial charge on any atom is 0.00790 e. The second kappa shape index (κ2) is 3.08. The summed E-state index contributed by atoms with van der Waals surface area (Å²) in [5.74, 6) is 0. The summed E-state index contributed by atoms with van der Waals surface area (Å²) in [4.78, 5) is 0. The van der Waals surface area contributed by atoms with Crippen molar-refractivity contribution >= 4 is 0 Å². The Hall–Kier alpha value is -0.820. The highest BCUT2D eigenvalue weighted by molar-refractivity contribution is 5.49. The van der Waals surface area contributed by atoms with Gasteiger partial charge in [-0.1, -0.05) is 12.1 Å². The third-order valence-corrected chi connectivity index (χ3v) is 4.33. The van der Waals surface area contributed by atoms with Crippen LogP contribution in [-0.2, 0) is 18.3 Å². The molecule has 2 aliphatic rings. The van der Waals surface area contributed by atoms with Crippen molar-refractivity contribution in [3.63, 3.8) is 0 Å².